The van der Waals surface area contributed by atoms with Gasteiger partial charge in [-0.3, -0.25) is 4.79 Å². The van der Waals surface area contributed by atoms with Crippen molar-refractivity contribution in [3.05, 3.63) is 70.8 Å². The van der Waals surface area contributed by atoms with E-state index < -0.39 is 0 Å². The number of Topliss-reactive ketones (excluding diaryl/α,β-unsaturated/α-hetero) is 1. The maximum Gasteiger partial charge on any atom is 0.206 e. The van der Waals surface area contributed by atoms with Crippen LogP contribution in [0.3, 0.4) is 0 Å². The zero-order chi connectivity index (χ0) is 18.5. The number of hydrogen-bond acceptors (Lipinski definition) is 6. The topological polar surface area (TPSA) is 54.9 Å². The zero-order valence-corrected chi connectivity index (χ0v) is 16.7. The van der Waals surface area contributed by atoms with E-state index in [1.54, 1.807) is 0 Å². The normalized spacial score (nSPS) is 12.0. The highest BCUT2D eigenvalue weighted by Gasteiger charge is 2.20. The highest BCUT2D eigenvalue weighted by atomic mass is 32.2. The number of nitrogens with zero attached hydrogens (tertiary/aromatic N) is 2. The van der Waals surface area contributed by atoms with Gasteiger partial charge in [-0.1, -0.05) is 71.1 Å². The Bertz CT molecular complexity index is 893. The third-order valence-corrected chi connectivity index (χ3v) is 6.06. The highest BCUT2D eigenvalue weighted by molar-refractivity contribution is 8.02. The third-order valence-electron chi connectivity index (χ3n) is 4.00. The van der Waals surface area contributed by atoms with E-state index in [9.17, 15) is 4.79 Å². The molecule has 0 aliphatic rings. The molecule has 1 aromatic heterocycles. The number of anilines is 1. The number of carbonyl (C=O) groups is 1. The number of aromatic nitrogens is 2. The molecule has 0 amide bonds. The second-order valence-corrected chi connectivity index (χ2v) is 8.72. The minimum Gasteiger partial charge on any atom is -0.356 e. The second-order valence-electron chi connectivity index (χ2n) is 6.15. The lowest BCUT2D eigenvalue weighted by molar-refractivity contribution is 0.0993. The van der Waals surface area contributed by atoms with Crippen molar-refractivity contribution in [2.24, 2.45) is 0 Å². The molecule has 0 fully saturated rings. The maximum absolute atomic E-state index is 12.8. The van der Waals surface area contributed by atoms with Crippen LogP contribution in [-0.4, -0.2) is 21.2 Å². The number of rotatable bonds is 7. The summed E-state index contributed by atoms with van der Waals surface area (Å²) in [6, 6.07) is 16.1. The van der Waals surface area contributed by atoms with Crippen LogP contribution in [-0.2, 0) is 6.54 Å². The SMILES string of the molecule is Cc1ccc(C)c(C(=O)C(C)Sc2nnc(NCc3ccccc3)s2)c1. The Hall–Kier alpha value is -2.18. The van der Waals surface area contributed by atoms with Crippen LogP contribution in [0, 0.1) is 13.8 Å². The van der Waals surface area contributed by atoms with Crippen LogP contribution < -0.4 is 5.32 Å². The van der Waals surface area contributed by atoms with Gasteiger partial charge in [0.1, 0.15) is 0 Å². The van der Waals surface area contributed by atoms with Crippen molar-refractivity contribution in [2.75, 3.05) is 5.32 Å². The van der Waals surface area contributed by atoms with E-state index in [0.717, 1.165) is 26.2 Å². The lowest BCUT2D eigenvalue weighted by Gasteiger charge is -2.11. The van der Waals surface area contributed by atoms with Gasteiger partial charge in [0.05, 0.1) is 5.25 Å². The Labute approximate surface area is 162 Å². The van der Waals surface area contributed by atoms with Gasteiger partial charge < -0.3 is 5.32 Å². The summed E-state index contributed by atoms with van der Waals surface area (Å²) in [6.45, 7) is 6.61. The molecule has 26 heavy (non-hydrogen) atoms. The second kappa shape index (κ2) is 8.47. The molecule has 1 N–H and O–H groups in total. The lowest BCUT2D eigenvalue weighted by atomic mass is 10.0. The smallest absolute Gasteiger partial charge is 0.206 e. The summed E-state index contributed by atoms with van der Waals surface area (Å²) in [6.07, 6.45) is 0. The van der Waals surface area contributed by atoms with Crippen LogP contribution in [0.2, 0.25) is 0 Å². The van der Waals surface area contributed by atoms with E-state index in [0.29, 0.717) is 6.54 Å². The zero-order valence-electron chi connectivity index (χ0n) is 15.0. The molecule has 3 aromatic rings. The van der Waals surface area contributed by atoms with Crippen molar-refractivity contribution < 1.29 is 4.79 Å². The molecule has 0 spiro atoms. The van der Waals surface area contributed by atoms with Gasteiger partial charge in [-0.15, -0.1) is 10.2 Å². The van der Waals surface area contributed by atoms with Gasteiger partial charge in [-0.2, -0.15) is 0 Å². The maximum atomic E-state index is 12.8. The van der Waals surface area contributed by atoms with Crippen LogP contribution >= 0.6 is 23.1 Å². The minimum atomic E-state index is -0.203. The predicted octanol–water partition coefficient (Wildman–Crippen LogP) is 5.13. The van der Waals surface area contributed by atoms with Crippen LogP contribution in [0.5, 0.6) is 0 Å². The Morgan fingerprint density at radius 2 is 1.92 bits per heavy atom. The molecule has 0 aliphatic carbocycles. The minimum absolute atomic E-state index is 0.130. The van der Waals surface area contributed by atoms with Crippen molar-refractivity contribution in [1.82, 2.24) is 10.2 Å². The standard InChI is InChI=1S/C20H21N3OS2/c1-13-9-10-14(2)17(11-13)18(24)15(3)25-20-23-22-19(26-20)21-12-16-7-5-4-6-8-16/h4-11,15H,12H2,1-3H3,(H,21,22). The number of nitrogens with one attached hydrogen (secondary N) is 1. The summed E-state index contributed by atoms with van der Waals surface area (Å²) in [4.78, 5) is 12.8. The molecular weight excluding hydrogens is 362 g/mol. The molecule has 134 valence electrons. The van der Waals surface area contributed by atoms with E-state index in [-0.39, 0.29) is 11.0 Å². The summed E-state index contributed by atoms with van der Waals surface area (Å²) < 4.78 is 0.798. The average Bonchev–Trinajstić information content (AvgIpc) is 3.09. The van der Waals surface area contributed by atoms with Gasteiger partial charge in [-0.05, 0) is 38.0 Å². The van der Waals surface area contributed by atoms with Crippen LogP contribution in [0.25, 0.3) is 0 Å². The number of benzene rings is 2. The molecule has 1 atom stereocenters. The van der Waals surface area contributed by atoms with Gasteiger partial charge in [0.2, 0.25) is 5.13 Å². The van der Waals surface area contributed by atoms with Gasteiger partial charge in [-0.25, -0.2) is 0 Å². The highest BCUT2D eigenvalue weighted by Crippen LogP contribution is 2.31. The van der Waals surface area contributed by atoms with Crippen molar-refractivity contribution in [2.45, 2.75) is 36.9 Å². The van der Waals surface area contributed by atoms with Crippen molar-refractivity contribution in [1.29, 1.82) is 0 Å². The Kier molecular flexibility index (Phi) is 6.06. The van der Waals surface area contributed by atoms with E-state index in [1.807, 2.05) is 57.2 Å². The molecule has 4 nitrogen and oxygen atoms in total. The number of hydrogen-bond donors (Lipinski definition) is 1. The number of carbonyl (C=O) groups excluding carboxylic acids is 1. The Morgan fingerprint density at radius 3 is 2.69 bits per heavy atom. The quantitative estimate of drug-likeness (QED) is 0.453. The summed E-state index contributed by atoms with van der Waals surface area (Å²) in [7, 11) is 0. The first-order valence-corrected chi connectivity index (χ1v) is 10.1. The van der Waals surface area contributed by atoms with Gasteiger partial charge in [0.25, 0.3) is 0 Å². The monoisotopic (exact) mass is 383 g/mol. The third kappa shape index (κ3) is 4.71. The average molecular weight is 384 g/mol. The first kappa shape index (κ1) is 18.6. The van der Waals surface area contributed by atoms with Crippen molar-refractivity contribution >= 4 is 34.0 Å². The molecule has 1 heterocycles. The summed E-state index contributed by atoms with van der Waals surface area (Å²) in [5, 5.41) is 12.2. The van der Waals surface area contributed by atoms with E-state index in [4.69, 9.17) is 0 Å². The molecule has 0 saturated carbocycles. The largest absolute Gasteiger partial charge is 0.356 e. The van der Waals surface area contributed by atoms with Crippen LogP contribution in [0.1, 0.15) is 34.0 Å². The molecule has 1 unspecified atom stereocenters. The predicted molar refractivity (Wildman–Crippen MR) is 109 cm³/mol. The molecule has 0 bridgehead atoms. The van der Waals surface area contributed by atoms with Crippen molar-refractivity contribution in [3.63, 3.8) is 0 Å². The van der Waals surface area contributed by atoms with E-state index in [1.165, 1.54) is 28.7 Å². The summed E-state index contributed by atoms with van der Waals surface area (Å²) in [5.74, 6) is 0.130. The molecule has 6 heteroatoms. The molecule has 0 radical (unpaired) electrons. The molecule has 0 aliphatic heterocycles. The number of ketones is 1. The van der Waals surface area contributed by atoms with E-state index >= 15 is 0 Å². The fourth-order valence-electron chi connectivity index (χ4n) is 2.53. The summed E-state index contributed by atoms with van der Waals surface area (Å²) >= 11 is 2.94. The first-order chi connectivity index (χ1) is 12.5. The number of aryl methyl sites for hydroxylation is 2. The first-order valence-electron chi connectivity index (χ1n) is 8.42. The van der Waals surface area contributed by atoms with E-state index in [2.05, 4.69) is 27.6 Å². The number of thioether (sulfide) groups is 1. The molecule has 0 saturated heterocycles. The van der Waals surface area contributed by atoms with Gasteiger partial charge in [0.15, 0.2) is 10.1 Å². The molecule has 3 rings (SSSR count). The Morgan fingerprint density at radius 1 is 1.15 bits per heavy atom. The van der Waals surface area contributed by atoms with Gasteiger partial charge in [0, 0.05) is 12.1 Å². The van der Waals surface area contributed by atoms with Crippen molar-refractivity contribution in [3.8, 4) is 0 Å². The van der Waals surface area contributed by atoms with Crippen LogP contribution in [0.15, 0.2) is 52.9 Å². The molecule has 2 aromatic carbocycles. The fourth-order valence-corrected chi connectivity index (χ4v) is 4.49. The molecular formula is C20H21N3OS2. The van der Waals surface area contributed by atoms with Crippen LogP contribution in [0.4, 0.5) is 5.13 Å². The van der Waals surface area contributed by atoms with Gasteiger partial charge >= 0.3 is 0 Å². The fraction of sp³-hybridized carbons (Fsp3) is 0.250. The Balaban J connectivity index is 1.61. The summed E-state index contributed by atoms with van der Waals surface area (Å²) in [5.41, 5.74) is 4.09. The lowest BCUT2D eigenvalue weighted by Crippen LogP contribution is -2.15.